The van der Waals surface area contributed by atoms with Crippen molar-refractivity contribution in [2.45, 2.75) is 0 Å². The van der Waals surface area contributed by atoms with Crippen LogP contribution in [0.3, 0.4) is 0 Å². The molecule has 0 saturated heterocycles. The second-order valence-electron chi connectivity index (χ2n) is 3.80. The molecule has 0 aromatic heterocycles. The van der Waals surface area contributed by atoms with Crippen molar-refractivity contribution in [2.75, 3.05) is 24.3 Å². The average Bonchev–Trinajstić information content (AvgIpc) is 2.30. The number of nitrogens with two attached hydrogens (primary N) is 3. The van der Waals surface area contributed by atoms with Gasteiger partial charge in [0.2, 0.25) is 0 Å². The highest BCUT2D eigenvalue weighted by molar-refractivity contribution is 5.86. The van der Waals surface area contributed by atoms with E-state index < -0.39 is 0 Å². The van der Waals surface area contributed by atoms with Gasteiger partial charge in [0.05, 0.1) is 7.11 Å². The number of nitrogen functional groups attached to an aromatic ring is 3. The summed E-state index contributed by atoms with van der Waals surface area (Å²) in [5.41, 5.74) is 21.2. The third-order valence-corrected chi connectivity index (χ3v) is 2.62. The minimum atomic E-state index is 0.613. The predicted molar refractivity (Wildman–Crippen MR) is 71.7 cm³/mol. The second-order valence-corrected chi connectivity index (χ2v) is 3.80. The van der Waals surface area contributed by atoms with Gasteiger partial charge >= 0.3 is 0 Å². The third-order valence-electron chi connectivity index (χ3n) is 2.62. The molecular formula is C13H15N3O. The molecule has 88 valence electrons. The van der Waals surface area contributed by atoms with Crippen LogP contribution in [0.1, 0.15) is 0 Å². The van der Waals surface area contributed by atoms with Crippen molar-refractivity contribution in [3.63, 3.8) is 0 Å². The fourth-order valence-corrected chi connectivity index (χ4v) is 1.74. The van der Waals surface area contributed by atoms with Gasteiger partial charge in [0.1, 0.15) is 5.75 Å². The predicted octanol–water partition coefficient (Wildman–Crippen LogP) is 2.11. The van der Waals surface area contributed by atoms with E-state index in [-0.39, 0.29) is 0 Å². The Labute approximate surface area is 100.0 Å². The highest BCUT2D eigenvalue weighted by Crippen LogP contribution is 2.33. The Kier molecular flexibility index (Phi) is 2.78. The molecule has 0 aliphatic rings. The molecule has 4 nitrogen and oxygen atoms in total. The molecule has 0 amide bonds. The molecule has 4 heteroatoms. The molecular weight excluding hydrogens is 214 g/mol. The largest absolute Gasteiger partial charge is 0.497 e. The van der Waals surface area contributed by atoms with Gasteiger partial charge in [-0.15, -0.1) is 0 Å². The van der Waals surface area contributed by atoms with Gasteiger partial charge in [0.25, 0.3) is 0 Å². The zero-order chi connectivity index (χ0) is 12.4. The van der Waals surface area contributed by atoms with Crippen molar-refractivity contribution in [1.29, 1.82) is 0 Å². The Bertz CT molecular complexity index is 552. The quantitative estimate of drug-likeness (QED) is 0.688. The van der Waals surface area contributed by atoms with Crippen LogP contribution in [0.25, 0.3) is 11.1 Å². The van der Waals surface area contributed by atoms with Crippen LogP contribution in [0.15, 0.2) is 36.4 Å². The highest BCUT2D eigenvalue weighted by atomic mass is 16.5. The van der Waals surface area contributed by atoms with E-state index in [9.17, 15) is 0 Å². The van der Waals surface area contributed by atoms with Gasteiger partial charge in [0.15, 0.2) is 0 Å². The molecule has 2 aromatic carbocycles. The number of benzene rings is 2. The van der Waals surface area contributed by atoms with Crippen LogP contribution in [0.5, 0.6) is 5.75 Å². The molecule has 0 bridgehead atoms. The fraction of sp³-hybridized carbons (Fsp3) is 0.0769. The van der Waals surface area contributed by atoms with Crippen molar-refractivity contribution in [3.8, 4) is 16.9 Å². The maximum atomic E-state index is 5.97. The first-order valence-electron chi connectivity index (χ1n) is 5.20. The number of anilines is 3. The van der Waals surface area contributed by atoms with E-state index in [0.717, 1.165) is 16.9 Å². The van der Waals surface area contributed by atoms with Gasteiger partial charge in [-0.1, -0.05) is 6.07 Å². The summed E-state index contributed by atoms with van der Waals surface area (Å²) in [5.74, 6) is 0.722. The standard InChI is InChI=1S/C13H15N3O/c1-17-9-3-5-11(13(16)7-9)10-4-2-8(14)6-12(10)15/h2-7H,14-16H2,1H3. The van der Waals surface area contributed by atoms with Gasteiger partial charge in [0, 0.05) is 34.3 Å². The van der Waals surface area contributed by atoms with Crippen LogP contribution in [0, 0.1) is 0 Å². The van der Waals surface area contributed by atoms with Gasteiger partial charge in [-0.05, 0) is 24.3 Å². The maximum absolute atomic E-state index is 5.97. The molecule has 0 heterocycles. The zero-order valence-electron chi connectivity index (χ0n) is 9.60. The smallest absolute Gasteiger partial charge is 0.120 e. The maximum Gasteiger partial charge on any atom is 0.120 e. The van der Waals surface area contributed by atoms with E-state index in [1.54, 1.807) is 25.3 Å². The lowest BCUT2D eigenvalue weighted by atomic mass is 10.0. The molecule has 2 rings (SSSR count). The first-order valence-corrected chi connectivity index (χ1v) is 5.20. The fourth-order valence-electron chi connectivity index (χ4n) is 1.74. The summed E-state index contributed by atoms with van der Waals surface area (Å²) < 4.78 is 5.10. The molecule has 0 spiro atoms. The molecule has 0 saturated carbocycles. The molecule has 0 aliphatic carbocycles. The third kappa shape index (κ3) is 2.10. The molecule has 0 atom stereocenters. The van der Waals surface area contributed by atoms with Crippen LogP contribution >= 0.6 is 0 Å². The van der Waals surface area contributed by atoms with Crippen LogP contribution in [0.4, 0.5) is 17.1 Å². The Hall–Kier alpha value is -2.36. The van der Waals surface area contributed by atoms with Crippen LogP contribution in [-0.4, -0.2) is 7.11 Å². The van der Waals surface area contributed by atoms with Crippen molar-refractivity contribution in [3.05, 3.63) is 36.4 Å². The first kappa shape index (κ1) is 11.1. The van der Waals surface area contributed by atoms with Crippen molar-refractivity contribution in [1.82, 2.24) is 0 Å². The molecule has 0 radical (unpaired) electrons. The van der Waals surface area contributed by atoms with E-state index >= 15 is 0 Å². The lowest BCUT2D eigenvalue weighted by Crippen LogP contribution is -1.96. The minimum absolute atomic E-state index is 0.613. The number of methoxy groups -OCH3 is 1. The van der Waals surface area contributed by atoms with Crippen LogP contribution in [0.2, 0.25) is 0 Å². The Balaban J connectivity index is 2.53. The summed E-state index contributed by atoms with van der Waals surface area (Å²) in [5, 5.41) is 0. The van der Waals surface area contributed by atoms with Gasteiger partial charge in [-0.2, -0.15) is 0 Å². The van der Waals surface area contributed by atoms with E-state index in [2.05, 4.69) is 0 Å². The monoisotopic (exact) mass is 229 g/mol. The van der Waals surface area contributed by atoms with Crippen LogP contribution in [-0.2, 0) is 0 Å². The Morgan fingerprint density at radius 3 is 1.94 bits per heavy atom. The van der Waals surface area contributed by atoms with Crippen molar-refractivity contribution >= 4 is 17.1 Å². The summed E-state index contributed by atoms with van der Waals surface area (Å²) in [6, 6.07) is 10.9. The Morgan fingerprint density at radius 1 is 0.824 bits per heavy atom. The second kappa shape index (κ2) is 4.25. The van der Waals surface area contributed by atoms with Gasteiger partial charge in [-0.3, -0.25) is 0 Å². The normalized spacial score (nSPS) is 10.2. The molecule has 2 aromatic rings. The van der Waals surface area contributed by atoms with Gasteiger partial charge in [-0.25, -0.2) is 0 Å². The minimum Gasteiger partial charge on any atom is -0.497 e. The van der Waals surface area contributed by atoms with Crippen LogP contribution < -0.4 is 21.9 Å². The summed E-state index contributed by atoms with van der Waals surface area (Å²) >= 11 is 0. The number of hydrogen-bond donors (Lipinski definition) is 3. The Morgan fingerprint density at radius 2 is 1.41 bits per heavy atom. The molecule has 17 heavy (non-hydrogen) atoms. The average molecular weight is 229 g/mol. The van der Waals surface area contributed by atoms with E-state index in [1.807, 2.05) is 18.2 Å². The highest BCUT2D eigenvalue weighted by Gasteiger charge is 2.07. The summed E-state index contributed by atoms with van der Waals surface area (Å²) in [6.45, 7) is 0. The van der Waals surface area contributed by atoms with Crippen molar-refractivity contribution < 1.29 is 4.74 Å². The summed E-state index contributed by atoms with van der Waals surface area (Å²) in [7, 11) is 1.60. The van der Waals surface area contributed by atoms with Gasteiger partial charge < -0.3 is 21.9 Å². The zero-order valence-corrected chi connectivity index (χ0v) is 9.60. The molecule has 6 N–H and O–H groups in total. The molecule has 0 fully saturated rings. The molecule has 0 aliphatic heterocycles. The number of rotatable bonds is 2. The first-order chi connectivity index (χ1) is 8.11. The van der Waals surface area contributed by atoms with E-state index in [4.69, 9.17) is 21.9 Å². The number of hydrogen-bond acceptors (Lipinski definition) is 4. The van der Waals surface area contributed by atoms with Crippen molar-refractivity contribution in [2.24, 2.45) is 0 Å². The molecule has 0 unspecified atom stereocenters. The number of ether oxygens (including phenoxy) is 1. The van der Waals surface area contributed by atoms with E-state index in [0.29, 0.717) is 17.1 Å². The topological polar surface area (TPSA) is 87.3 Å². The summed E-state index contributed by atoms with van der Waals surface area (Å²) in [6.07, 6.45) is 0. The lowest BCUT2D eigenvalue weighted by Gasteiger charge is -2.10. The summed E-state index contributed by atoms with van der Waals surface area (Å²) in [4.78, 5) is 0. The lowest BCUT2D eigenvalue weighted by molar-refractivity contribution is 0.415. The SMILES string of the molecule is COc1ccc(-c2ccc(N)cc2N)c(N)c1. The van der Waals surface area contributed by atoms with E-state index in [1.165, 1.54) is 0 Å².